The van der Waals surface area contributed by atoms with Gasteiger partial charge in [-0.05, 0) is 37.6 Å². The van der Waals surface area contributed by atoms with Crippen LogP contribution in [0.4, 0.5) is 0 Å². The lowest BCUT2D eigenvalue weighted by atomic mass is 10.2. The first-order chi connectivity index (χ1) is 15.9. The number of imidazole rings is 1. The molecule has 0 fully saturated rings. The van der Waals surface area contributed by atoms with Crippen molar-refractivity contribution in [3.05, 3.63) is 59.7 Å². The van der Waals surface area contributed by atoms with Crippen molar-refractivity contribution in [3.8, 4) is 0 Å². The fourth-order valence-electron chi connectivity index (χ4n) is 3.42. The average Bonchev–Trinajstić information content (AvgIpc) is 3.17. The molecule has 2 aromatic carbocycles. The summed E-state index contributed by atoms with van der Waals surface area (Å²) in [4.78, 5) is 42.7. The number of aryl methyl sites for hydroxylation is 1. The van der Waals surface area contributed by atoms with Crippen molar-refractivity contribution in [1.82, 2.24) is 14.5 Å². The number of rotatable bonds is 11. The van der Waals surface area contributed by atoms with Gasteiger partial charge in [-0.15, -0.1) is 0 Å². The second-order valence-electron chi connectivity index (χ2n) is 7.37. The molecule has 0 unspecified atom stereocenters. The molecule has 0 aliphatic heterocycles. The molecule has 1 heterocycles. The lowest BCUT2D eigenvalue weighted by Gasteiger charge is -2.22. The van der Waals surface area contributed by atoms with Gasteiger partial charge in [-0.2, -0.15) is 0 Å². The molecule has 0 radical (unpaired) electrons. The van der Waals surface area contributed by atoms with Crippen LogP contribution in [0.15, 0.2) is 53.7 Å². The van der Waals surface area contributed by atoms with Gasteiger partial charge in [-0.1, -0.05) is 42.1 Å². The van der Waals surface area contributed by atoms with Crippen molar-refractivity contribution in [2.45, 2.75) is 38.5 Å². The van der Waals surface area contributed by atoms with Gasteiger partial charge in [0.15, 0.2) is 5.16 Å². The monoisotopic (exact) mass is 468 g/mol. The van der Waals surface area contributed by atoms with Gasteiger partial charge in [-0.25, -0.2) is 9.78 Å². The van der Waals surface area contributed by atoms with Crippen LogP contribution in [-0.4, -0.2) is 51.1 Å². The van der Waals surface area contributed by atoms with Crippen molar-refractivity contribution < 1.29 is 19.1 Å². The number of aromatic nitrogens is 2. The summed E-state index contributed by atoms with van der Waals surface area (Å²) in [6, 6.07) is 14.9. The summed E-state index contributed by atoms with van der Waals surface area (Å²) >= 11 is 1.33. The van der Waals surface area contributed by atoms with Gasteiger partial charge in [0.2, 0.25) is 11.8 Å². The highest BCUT2D eigenvalue weighted by Gasteiger charge is 2.19. The maximum absolute atomic E-state index is 13.0. The van der Waals surface area contributed by atoms with E-state index in [9.17, 15) is 14.4 Å². The number of amides is 2. The summed E-state index contributed by atoms with van der Waals surface area (Å²) in [6.07, 6.45) is 0.105. The van der Waals surface area contributed by atoms with E-state index >= 15 is 0 Å². The van der Waals surface area contributed by atoms with Crippen LogP contribution in [0.1, 0.15) is 36.2 Å². The van der Waals surface area contributed by atoms with Crippen LogP contribution in [0.5, 0.6) is 0 Å². The lowest BCUT2D eigenvalue weighted by Crippen LogP contribution is -2.34. The molecular weight excluding hydrogens is 440 g/mol. The van der Waals surface area contributed by atoms with Crippen LogP contribution >= 0.6 is 11.8 Å². The molecule has 0 aliphatic carbocycles. The van der Waals surface area contributed by atoms with Crippen LogP contribution < -0.4 is 5.73 Å². The van der Waals surface area contributed by atoms with Gasteiger partial charge in [-0.3, -0.25) is 9.59 Å². The average molecular weight is 469 g/mol. The predicted octanol–water partition coefficient (Wildman–Crippen LogP) is 3.23. The quantitative estimate of drug-likeness (QED) is 0.342. The van der Waals surface area contributed by atoms with E-state index in [0.29, 0.717) is 35.9 Å². The number of esters is 1. The minimum Gasteiger partial charge on any atom is -0.462 e. The topological polar surface area (TPSA) is 108 Å². The number of nitrogens with zero attached hydrogens (tertiary/aromatic N) is 3. The van der Waals surface area contributed by atoms with Gasteiger partial charge in [0.25, 0.3) is 0 Å². The predicted molar refractivity (Wildman–Crippen MR) is 128 cm³/mol. The van der Waals surface area contributed by atoms with E-state index < -0.39 is 5.91 Å². The largest absolute Gasteiger partial charge is 0.462 e. The zero-order valence-electron chi connectivity index (χ0n) is 18.8. The molecule has 0 atom stereocenters. The Balaban J connectivity index is 1.76. The Morgan fingerprint density at radius 2 is 1.88 bits per heavy atom. The second kappa shape index (κ2) is 11.5. The number of fused-ring (bicyclic) bond motifs is 1. The van der Waals surface area contributed by atoms with Crippen LogP contribution in [0, 0.1) is 0 Å². The summed E-state index contributed by atoms with van der Waals surface area (Å²) < 4.78 is 7.08. The highest BCUT2D eigenvalue weighted by molar-refractivity contribution is 7.99. The van der Waals surface area contributed by atoms with Gasteiger partial charge in [0.1, 0.15) is 0 Å². The van der Waals surface area contributed by atoms with E-state index in [1.165, 1.54) is 11.8 Å². The van der Waals surface area contributed by atoms with E-state index in [4.69, 9.17) is 10.5 Å². The molecule has 0 spiro atoms. The van der Waals surface area contributed by atoms with Gasteiger partial charge < -0.3 is 19.9 Å². The molecule has 8 nitrogen and oxygen atoms in total. The number of carbonyl (C=O) groups is 3. The Hall–Kier alpha value is -3.33. The highest BCUT2D eigenvalue weighted by Crippen LogP contribution is 2.26. The molecule has 9 heteroatoms. The number of benzene rings is 2. The van der Waals surface area contributed by atoms with Crippen molar-refractivity contribution >= 4 is 40.6 Å². The summed E-state index contributed by atoms with van der Waals surface area (Å²) in [7, 11) is 0. The number of ether oxygens (including phenoxy) is 1. The zero-order valence-corrected chi connectivity index (χ0v) is 19.6. The summed E-state index contributed by atoms with van der Waals surface area (Å²) in [5.74, 6) is -0.772. The van der Waals surface area contributed by atoms with Crippen molar-refractivity contribution in [3.63, 3.8) is 0 Å². The van der Waals surface area contributed by atoms with E-state index in [1.54, 1.807) is 24.0 Å². The number of nitrogens with two attached hydrogens (primary N) is 1. The van der Waals surface area contributed by atoms with Crippen LogP contribution in [-0.2, 0) is 27.4 Å². The number of hydrogen-bond acceptors (Lipinski definition) is 6. The van der Waals surface area contributed by atoms with Gasteiger partial charge >= 0.3 is 5.97 Å². The van der Waals surface area contributed by atoms with Crippen LogP contribution in [0.2, 0.25) is 0 Å². The third-order valence-electron chi connectivity index (χ3n) is 5.06. The molecule has 0 bridgehead atoms. The SMILES string of the molecule is CCOC(=O)c1ccc2c(c1)nc(SCC(=O)N(CCC(N)=O)Cc1ccccc1)n2CC. The smallest absolute Gasteiger partial charge is 0.338 e. The maximum Gasteiger partial charge on any atom is 0.338 e. The molecule has 3 rings (SSSR count). The van der Waals surface area contributed by atoms with Crippen molar-refractivity contribution in [1.29, 1.82) is 0 Å². The molecule has 2 N–H and O–H groups in total. The fourth-order valence-corrected chi connectivity index (χ4v) is 4.40. The Labute approximate surface area is 197 Å². The number of thioether (sulfide) groups is 1. The molecule has 0 aliphatic rings. The molecule has 0 saturated carbocycles. The normalized spacial score (nSPS) is 10.8. The zero-order chi connectivity index (χ0) is 23.8. The first-order valence-electron chi connectivity index (χ1n) is 10.8. The Morgan fingerprint density at radius 1 is 1.12 bits per heavy atom. The van der Waals surface area contributed by atoms with E-state index in [-0.39, 0.29) is 30.6 Å². The Bertz CT molecular complexity index is 1130. The molecule has 0 saturated heterocycles. The maximum atomic E-state index is 13.0. The van der Waals surface area contributed by atoms with Gasteiger partial charge in [0.05, 0.1) is 29.0 Å². The molecule has 1 aromatic heterocycles. The fraction of sp³-hybridized carbons (Fsp3) is 0.333. The van der Waals surface area contributed by atoms with E-state index in [2.05, 4.69) is 4.98 Å². The van der Waals surface area contributed by atoms with Crippen LogP contribution in [0.25, 0.3) is 11.0 Å². The van der Waals surface area contributed by atoms with Crippen molar-refractivity contribution in [2.24, 2.45) is 5.73 Å². The summed E-state index contributed by atoms with van der Waals surface area (Å²) in [5.41, 5.74) is 8.28. The van der Waals surface area contributed by atoms with Gasteiger partial charge in [0, 0.05) is 26.1 Å². The minimum atomic E-state index is -0.446. The second-order valence-corrected chi connectivity index (χ2v) is 8.31. The van der Waals surface area contributed by atoms with Crippen LogP contribution in [0.3, 0.4) is 0 Å². The van der Waals surface area contributed by atoms with Crippen molar-refractivity contribution in [2.75, 3.05) is 18.9 Å². The first kappa shape index (κ1) is 24.3. The highest BCUT2D eigenvalue weighted by atomic mass is 32.2. The Kier molecular flexibility index (Phi) is 8.48. The van der Waals surface area contributed by atoms with E-state index in [1.807, 2.05) is 47.9 Å². The minimum absolute atomic E-state index is 0.105. The third-order valence-corrected chi connectivity index (χ3v) is 6.02. The molecular formula is C24H28N4O4S. The third kappa shape index (κ3) is 6.35. The lowest BCUT2D eigenvalue weighted by molar-refractivity contribution is -0.129. The number of hydrogen-bond donors (Lipinski definition) is 1. The number of carbonyl (C=O) groups excluding carboxylic acids is 3. The summed E-state index contributed by atoms with van der Waals surface area (Å²) in [5, 5.41) is 0.691. The standard InChI is InChI=1S/C24H28N4O4S/c1-3-28-20-11-10-18(23(31)32-4-2)14-19(20)26-24(28)33-16-22(30)27(13-12-21(25)29)15-17-8-6-5-7-9-17/h5-11,14H,3-4,12-13,15-16H2,1-2H3,(H2,25,29). The molecule has 33 heavy (non-hydrogen) atoms. The Morgan fingerprint density at radius 3 is 2.55 bits per heavy atom. The van der Waals surface area contributed by atoms with E-state index in [0.717, 1.165) is 11.1 Å². The molecule has 2 amide bonds. The molecule has 3 aromatic rings. The first-order valence-corrected chi connectivity index (χ1v) is 11.8. The summed E-state index contributed by atoms with van der Waals surface area (Å²) in [6.45, 7) is 5.40. The molecule has 174 valence electrons. The number of primary amides is 1.